The van der Waals surface area contributed by atoms with Crippen LogP contribution in [0, 0.1) is 6.92 Å². The molecule has 0 unspecified atom stereocenters. The van der Waals surface area contributed by atoms with Crippen molar-refractivity contribution in [2.24, 2.45) is 0 Å². The molecule has 0 saturated heterocycles. The fourth-order valence-electron chi connectivity index (χ4n) is 2.90. The van der Waals surface area contributed by atoms with Crippen LogP contribution in [-0.4, -0.2) is 26.8 Å². The number of nitrogens with one attached hydrogen (secondary N) is 3. The summed E-state index contributed by atoms with van der Waals surface area (Å²) in [5.74, 6) is -0.655. The third kappa shape index (κ3) is 5.70. The highest BCUT2D eigenvalue weighted by Gasteiger charge is 2.17. The lowest BCUT2D eigenvalue weighted by Gasteiger charge is -2.11. The van der Waals surface area contributed by atoms with E-state index < -0.39 is 15.9 Å². The maximum absolute atomic E-state index is 12.7. The van der Waals surface area contributed by atoms with Crippen LogP contribution in [-0.2, 0) is 10.0 Å². The number of benzene rings is 3. The van der Waals surface area contributed by atoms with Gasteiger partial charge in [-0.25, -0.2) is 8.42 Å². The first-order valence-corrected chi connectivity index (χ1v) is 11.2. The monoisotopic (exact) mass is 437 g/mol. The van der Waals surface area contributed by atoms with Gasteiger partial charge in [0, 0.05) is 29.0 Å². The molecular weight excluding hydrogens is 414 g/mol. The molecule has 3 N–H and O–H groups in total. The van der Waals surface area contributed by atoms with E-state index in [0.29, 0.717) is 23.5 Å². The lowest BCUT2D eigenvalue weighted by Crippen LogP contribution is -2.22. The normalized spacial score (nSPS) is 10.9. The Kier molecular flexibility index (Phi) is 6.71. The minimum absolute atomic E-state index is 0.0201. The second kappa shape index (κ2) is 9.44. The number of carbonyl (C=O) groups excluding carboxylic acids is 2. The smallest absolute Gasteiger partial charge is 0.261 e. The molecule has 0 aromatic heterocycles. The van der Waals surface area contributed by atoms with Gasteiger partial charge in [-0.3, -0.25) is 14.3 Å². The van der Waals surface area contributed by atoms with E-state index in [0.717, 1.165) is 5.56 Å². The summed E-state index contributed by atoms with van der Waals surface area (Å²) in [6.45, 7) is 4.22. The quantitative estimate of drug-likeness (QED) is 0.523. The third-order valence-electron chi connectivity index (χ3n) is 4.42. The molecule has 0 saturated carbocycles. The van der Waals surface area contributed by atoms with E-state index in [1.54, 1.807) is 42.5 Å². The number of anilines is 2. The van der Waals surface area contributed by atoms with Gasteiger partial charge < -0.3 is 10.6 Å². The molecule has 8 heteroatoms. The summed E-state index contributed by atoms with van der Waals surface area (Å²) in [6, 6.07) is 19.2. The SMILES string of the molecule is CCNC(=O)c1ccc(NC(=O)c2cccc(S(=O)(=O)Nc3cccc(C)c3)c2)cc1. The molecular formula is C23H23N3O4S. The molecule has 31 heavy (non-hydrogen) atoms. The summed E-state index contributed by atoms with van der Waals surface area (Å²) >= 11 is 0. The fraction of sp³-hybridized carbons (Fsp3) is 0.130. The largest absolute Gasteiger partial charge is 0.352 e. The molecule has 3 rings (SSSR count). The minimum atomic E-state index is -3.85. The molecule has 0 aliphatic carbocycles. The summed E-state index contributed by atoms with van der Waals surface area (Å²) in [5.41, 5.74) is 2.54. The molecule has 0 spiro atoms. The van der Waals surface area contributed by atoms with Crippen molar-refractivity contribution in [3.05, 3.63) is 89.5 Å². The van der Waals surface area contributed by atoms with Crippen LogP contribution in [0.15, 0.2) is 77.7 Å². The lowest BCUT2D eigenvalue weighted by atomic mass is 10.1. The van der Waals surface area contributed by atoms with Crippen molar-refractivity contribution >= 4 is 33.2 Å². The molecule has 0 radical (unpaired) electrons. The molecule has 3 aromatic rings. The Labute approximate surface area is 181 Å². The Morgan fingerprint density at radius 3 is 2.19 bits per heavy atom. The number of hydrogen-bond acceptors (Lipinski definition) is 4. The highest BCUT2D eigenvalue weighted by atomic mass is 32.2. The van der Waals surface area contributed by atoms with Crippen molar-refractivity contribution in [1.82, 2.24) is 5.32 Å². The van der Waals surface area contributed by atoms with Crippen LogP contribution in [0.25, 0.3) is 0 Å². The van der Waals surface area contributed by atoms with Gasteiger partial charge in [-0.05, 0) is 74.0 Å². The van der Waals surface area contributed by atoms with E-state index in [2.05, 4.69) is 15.4 Å². The van der Waals surface area contributed by atoms with Crippen molar-refractivity contribution in [2.75, 3.05) is 16.6 Å². The Morgan fingerprint density at radius 2 is 1.52 bits per heavy atom. The van der Waals surface area contributed by atoms with Gasteiger partial charge in [0.25, 0.3) is 21.8 Å². The molecule has 0 heterocycles. The molecule has 0 fully saturated rings. The zero-order chi connectivity index (χ0) is 22.4. The van der Waals surface area contributed by atoms with Gasteiger partial charge in [0.1, 0.15) is 0 Å². The molecule has 160 valence electrons. The van der Waals surface area contributed by atoms with Gasteiger partial charge in [0.2, 0.25) is 0 Å². The van der Waals surface area contributed by atoms with E-state index in [-0.39, 0.29) is 16.4 Å². The van der Waals surface area contributed by atoms with Gasteiger partial charge in [0.05, 0.1) is 4.90 Å². The van der Waals surface area contributed by atoms with Crippen molar-refractivity contribution in [3.8, 4) is 0 Å². The van der Waals surface area contributed by atoms with Crippen molar-refractivity contribution in [1.29, 1.82) is 0 Å². The van der Waals surface area contributed by atoms with Crippen molar-refractivity contribution in [2.45, 2.75) is 18.7 Å². The minimum Gasteiger partial charge on any atom is -0.352 e. The first-order valence-electron chi connectivity index (χ1n) is 9.67. The van der Waals surface area contributed by atoms with E-state index >= 15 is 0 Å². The summed E-state index contributed by atoms with van der Waals surface area (Å²) in [6.07, 6.45) is 0. The third-order valence-corrected chi connectivity index (χ3v) is 5.80. The Balaban J connectivity index is 1.74. The van der Waals surface area contributed by atoms with Crippen molar-refractivity contribution in [3.63, 3.8) is 0 Å². The number of carbonyl (C=O) groups is 2. The summed E-state index contributed by atoms with van der Waals surface area (Å²) in [5, 5.41) is 5.41. The predicted molar refractivity (Wildman–Crippen MR) is 121 cm³/mol. The summed E-state index contributed by atoms with van der Waals surface area (Å²) < 4.78 is 28.0. The molecule has 7 nitrogen and oxygen atoms in total. The summed E-state index contributed by atoms with van der Waals surface area (Å²) in [7, 11) is -3.85. The number of hydrogen-bond donors (Lipinski definition) is 3. The highest BCUT2D eigenvalue weighted by molar-refractivity contribution is 7.92. The van der Waals surface area contributed by atoms with Gasteiger partial charge in [-0.1, -0.05) is 18.2 Å². The van der Waals surface area contributed by atoms with E-state index in [1.165, 1.54) is 24.3 Å². The van der Waals surface area contributed by atoms with Gasteiger partial charge in [-0.15, -0.1) is 0 Å². The zero-order valence-electron chi connectivity index (χ0n) is 17.2. The molecule has 0 aliphatic heterocycles. The van der Waals surface area contributed by atoms with Crippen LogP contribution < -0.4 is 15.4 Å². The molecule has 0 atom stereocenters. The summed E-state index contributed by atoms with van der Waals surface area (Å²) in [4.78, 5) is 24.4. The molecule has 2 amide bonds. The van der Waals surface area contributed by atoms with E-state index in [9.17, 15) is 18.0 Å². The predicted octanol–water partition coefficient (Wildman–Crippen LogP) is 3.80. The van der Waals surface area contributed by atoms with E-state index in [4.69, 9.17) is 0 Å². The number of aryl methyl sites for hydroxylation is 1. The average molecular weight is 438 g/mol. The zero-order valence-corrected chi connectivity index (χ0v) is 18.0. The van der Waals surface area contributed by atoms with Crippen LogP contribution >= 0.6 is 0 Å². The lowest BCUT2D eigenvalue weighted by molar-refractivity contribution is 0.0955. The fourth-order valence-corrected chi connectivity index (χ4v) is 3.99. The first-order chi connectivity index (χ1) is 14.8. The van der Waals surface area contributed by atoms with Crippen LogP contribution in [0.2, 0.25) is 0 Å². The first kappa shape index (κ1) is 22.0. The van der Waals surface area contributed by atoms with Crippen LogP contribution in [0.4, 0.5) is 11.4 Å². The highest BCUT2D eigenvalue weighted by Crippen LogP contribution is 2.19. The topological polar surface area (TPSA) is 104 Å². The van der Waals surface area contributed by atoms with Crippen molar-refractivity contribution < 1.29 is 18.0 Å². The maximum Gasteiger partial charge on any atom is 0.261 e. The van der Waals surface area contributed by atoms with Crippen LogP contribution in [0.1, 0.15) is 33.2 Å². The average Bonchev–Trinajstić information content (AvgIpc) is 2.74. The maximum atomic E-state index is 12.7. The number of amides is 2. The molecule has 0 aliphatic rings. The van der Waals surface area contributed by atoms with Crippen LogP contribution in [0.3, 0.4) is 0 Å². The van der Waals surface area contributed by atoms with Gasteiger partial charge in [-0.2, -0.15) is 0 Å². The van der Waals surface area contributed by atoms with Gasteiger partial charge in [0.15, 0.2) is 0 Å². The van der Waals surface area contributed by atoms with Crippen LogP contribution in [0.5, 0.6) is 0 Å². The Hall–Kier alpha value is -3.65. The second-order valence-corrected chi connectivity index (χ2v) is 8.58. The number of sulfonamides is 1. The Bertz CT molecular complexity index is 1210. The second-order valence-electron chi connectivity index (χ2n) is 6.89. The van der Waals surface area contributed by atoms with Gasteiger partial charge >= 0.3 is 0 Å². The standard InChI is InChI=1S/C23H23N3O4S/c1-3-24-22(27)17-10-12-19(13-11-17)25-23(28)18-7-5-9-21(15-18)31(29,30)26-20-8-4-6-16(2)14-20/h4-15,26H,3H2,1-2H3,(H,24,27)(H,25,28). The molecule has 3 aromatic carbocycles. The molecule has 0 bridgehead atoms. The Morgan fingerprint density at radius 1 is 0.806 bits per heavy atom. The number of rotatable bonds is 7. The van der Waals surface area contributed by atoms with E-state index in [1.807, 2.05) is 19.9 Å².